The summed E-state index contributed by atoms with van der Waals surface area (Å²) in [5, 5.41) is 6.30. The van der Waals surface area contributed by atoms with Crippen molar-refractivity contribution >= 4 is 29.3 Å². The summed E-state index contributed by atoms with van der Waals surface area (Å²) in [6, 6.07) is 18.2. The number of rotatable bonds is 7. The van der Waals surface area contributed by atoms with Crippen LogP contribution in [0.1, 0.15) is 28.9 Å². The summed E-state index contributed by atoms with van der Waals surface area (Å²) in [7, 11) is 0. The van der Waals surface area contributed by atoms with Crippen molar-refractivity contribution in [2.45, 2.75) is 18.1 Å². The Labute approximate surface area is 167 Å². The monoisotopic (exact) mass is 392 g/mol. The number of hydrogen-bond acceptors (Lipinski definition) is 5. The number of anilines is 1. The molecule has 0 aliphatic rings. The SMILES string of the molecule is CC(NC(=O)c1ccccc1NC(=O)CSc1ncccn1)c1ccccc1. The second-order valence-corrected chi connectivity index (χ2v) is 6.96. The normalized spacial score (nSPS) is 11.5. The Morgan fingerprint density at radius 1 is 0.964 bits per heavy atom. The van der Waals surface area contributed by atoms with Crippen LogP contribution in [0.25, 0.3) is 0 Å². The van der Waals surface area contributed by atoms with Crippen LogP contribution in [-0.4, -0.2) is 27.5 Å². The van der Waals surface area contributed by atoms with Gasteiger partial charge in [-0.1, -0.05) is 54.2 Å². The molecular weight excluding hydrogens is 372 g/mol. The van der Waals surface area contributed by atoms with E-state index in [4.69, 9.17) is 0 Å². The molecule has 1 atom stereocenters. The van der Waals surface area contributed by atoms with Crippen LogP contribution in [0.4, 0.5) is 5.69 Å². The molecule has 0 aliphatic carbocycles. The summed E-state index contributed by atoms with van der Waals surface area (Å²) >= 11 is 1.24. The highest BCUT2D eigenvalue weighted by molar-refractivity contribution is 7.99. The molecule has 0 fully saturated rings. The Morgan fingerprint density at radius 2 is 1.64 bits per heavy atom. The van der Waals surface area contributed by atoms with E-state index < -0.39 is 0 Å². The van der Waals surface area contributed by atoms with Gasteiger partial charge < -0.3 is 10.6 Å². The van der Waals surface area contributed by atoms with Gasteiger partial charge in [-0.05, 0) is 30.7 Å². The van der Waals surface area contributed by atoms with Gasteiger partial charge in [-0.25, -0.2) is 9.97 Å². The van der Waals surface area contributed by atoms with E-state index in [9.17, 15) is 9.59 Å². The van der Waals surface area contributed by atoms with Crippen molar-refractivity contribution in [3.05, 3.63) is 84.2 Å². The van der Waals surface area contributed by atoms with Crippen LogP contribution in [-0.2, 0) is 4.79 Å². The highest BCUT2D eigenvalue weighted by Gasteiger charge is 2.16. The zero-order valence-corrected chi connectivity index (χ0v) is 16.1. The smallest absolute Gasteiger partial charge is 0.253 e. The minimum absolute atomic E-state index is 0.150. The number of benzene rings is 2. The standard InChI is InChI=1S/C21H20N4O2S/c1-15(16-8-3-2-4-9-16)24-20(27)17-10-5-6-11-18(17)25-19(26)14-28-21-22-12-7-13-23-21/h2-13,15H,14H2,1H3,(H,24,27)(H,25,26). The maximum Gasteiger partial charge on any atom is 0.253 e. The van der Waals surface area contributed by atoms with Gasteiger partial charge in [0.05, 0.1) is 23.0 Å². The summed E-state index contributed by atoms with van der Waals surface area (Å²) in [5.41, 5.74) is 1.90. The van der Waals surface area contributed by atoms with Gasteiger partial charge in [0.1, 0.15) is 0 Å². The molecular formula is C21H20N4O2S. The highest BCUT2D eigenvalue weighted by Crippen LogP contribution is 2.19. The first-order valence-corrected chi connectivity index (χ1v) is 9.76. The molecule has 3 aromatic rings. The second kappa shape index (κ2) is 9.66. The molecule has 0 saturated carbocycles. The number of carbonyl (C=O) groups is 2. The van der Waals surface area contributed by atoms with Crippen LogP contribution in [0.5, 0.6) is 0 Å². The summed E-state index contributed by atoms with van der Waals surface area (Å²) in [4.78, 5) is 33.2. The van der Waals surface area contributed by atoms with Gasteiger partial charge in [0.2, 0.25) is 5.91 Å². The third kappa shape index (κ3) is 5.40. The van der Waals surface area contributed by atoms with Gasteiger partial charge in [-0.3, -0.25) is 9.59 Å². The molecule has 142 valence electrons. The highest BCUT2D eigenvalue weighted by atomic mass is 32.2. The molecule has 2 amide bonds. The van der Waals surface area contributed by atoms with E-state index in [0.717, 1.165) is 5.56 Å². The van der Waals surface area contributed by atoms with Crippen molar-refractivity contribution in [3.8, 4) is 0 Å². The Kier molecular flexibility index (Phi) is 6.75. The van der Waals surface area contributed by atoms with Gasteiger partial charge in [0.15, 0.2) is 5.16 Å². The predicted molar refractivity (Wildman–Crippen MR) is 110 cm³/mol. The minimum Gasteiger partial charge on any atom is -0.345 e. The average molecular weight is 392 g/mol. The number of thioether (sulfide) groups is 1. The first kappa shape index (κ1) is 19.6. The Hall–Kier alpha value is -3.19. The fourth-order valence-electron chi connectivity index (χ4n) is 2.57. The molecule has 2 N–H and O–H groups in total. The number of amides is 2. The minimum atomic E-state index is -0.244. The number of para-hydroxylation sites is 1. The first-order chi connectivity index (χ1) is 13.6. The van der Waals surface area contributed by atoms with Gasteiger partial charge >= 0.3 is 0 Å². The van der Waals surface area contributed by atoms with Crippen LogP contribution < -0.4 is 10.6 Å². The fraction of sp³-hybridized carbons (Fsp3) is 0.143. The van der Waals surface area contributed by atoms with Gasteiger partial charge in [0.25, 0.3) is 5.91 Å². The largest absolute Gasteiger partial charge is 0.345 e. The molecule has 3 rings (SSSR count). The number of hydrogen-bond donors (Lipinski definition) is 2. The van der Waals surface area contributed by atoms with E-state index in [2.05, 4.69) is 20.6 Å². The van der Waals surface area contributed by atoms with Crippen molar-refractivity contribution in [2.75, 3.05) is 11.1 Å². The molecule has 1 unspecified atom stereocenters. The fourth-order valence-corrected chi connectivity index (χ4v) is 3.17. The van der Waals surface area contributed by atoms with Gasteiger partial charge in [-0.2, -0.15) is 0 Å². The lowest BCUT2D eigenvalue weighted by Gasteiger charge is -2.16. The average Bonchev–Trinajstić information content (AvgIpc) is 2.74. The molecule has 1 heterocycles. The molecule has 0 bridgehead atoms. The zero-order valence-electron chi connectivity index (χ0n) is 15.3. The van der Waals surface area contributed by atoms with E-state index in [1.165, 1.54) is 11.8 Å². The maximum absolute atomic E-state index is 12.7. The van der Waals surface area contributed by atoms with Crippen LogP contribution >= 0.6 is 11.8 Å². The van der Waals surface area contributed by atoms with Crippen molar-refractivity contribution in [1.82, 2.24) is 15.3 Å². The summed E-state index contributed by atoms with van der Waals surface area (Å²) in [5.74, 6) is -0.319. The predicted octanol–water partition coefficient (Wildman–Crippen LogP) is 3.70. The molecule has 0 radical (unpaired) electrons. The summed E-state index contributed by atoms with van der Waals surface area (Å²) in [6.07, 6.45) is 3.25. The van der Waals surface area contributed by atoms with Crippen LogP contribution in [0.15, 0.2) is 78.2 Å². The van der Waals surface area contributed by atoms with Crippen molar-refractivity contribution in [3.63, 3.8) is 0 Å². The van der Waals surface area contributed by atoms with Gasteiger partial charge in [-0.15, -0.1) is 0 Å². The van der Waals surface area contributed by atoms with Crippen LogP contribution in [0, 0.1) is 0 Å². The van der Waals surface area contributed by atoms with E-state index >= 15 is 0 Å². The molecule has 0 spiro atoms. The number of carbonyl (C=O) groups excluding carboxylic acids is 2. The lowest BCUT2D eigenvalue weighted by atomic mass is 10.1. The number of nitrogens with zero attached hydrogens (tertiary/aromatic N) is 2. The molecule has 6 nitrogen and oxygen atoms in total. The molecule has 1 aromatic heterocycles. The quantitative estimate of drug-likeness (QED) is 0.473. The Bertz CT molecular complexity index is 935. The third-order valence-corrected chi connectivity index (χ3v) is 4.84. The van der Waals surface area contributed by atoms with Crippen LogP contribution in [0.3, 0.4) is 0 Å². The summed E-state index contributed by atoms with van der Waals surface area (Å²) in [6.45, 7) is 1.92. The van der Waals surface area contributed by atoms with E-state index in [0.29, 0.717) is 16.4 Å². The summed E-state index contributed by atoms with van der Waals surface area (Å²) < 4.78 is 0. The van der Waals surface area contributed by atoms with E-state index in [1.54, 1.807) is 42.7 Å². The molecule has 28 heavy (non-hydrogen) atoms. The van der Waals surface area contributed by atoms with Crippen molar-refractivity contribution < 1.29 is 9.59 Å². The Balaban J connectivity index is 1.63. The van der Waals surface area contributed by atoms with Crippen molar-refractivity contribution in [1.29, 1.82) is 0 Å². The molecule has 0 saturated heterocycles. The van der Waals surface area contributed by atoms with E-state index in [1.807, 2.05) is 37.3 Å². The lowest BCUT2D eigenvalue weighted by Crippen LogP contribution is -2.28. The maximum atomic E-state index is 12.7. The topological polar surface area (TPSA) is 84.0 Å². The second-order valence-electron chi connectivity index (χ2n) is 6.02. The van der Waals surface area contributed by atoms with Crippen LogP contribution in [0.2, 0.25) is 0 Å². The lowest BCUT2D eigenvalue weighted by molar-refractivity contribution is -0.113. The van der Waals surface area contributed by atoms with E-state index in [-0.39, 0.29) is 23.6 Å². The zero-order chi connectivity index (χ0) is 19.8. The Morgan fingerprint density at radius 3 is 2.39 bits per heavy atom. The first-order valence-electron chi connectivity index (χ1n) is 8.78. The van der Waals surface area contributed by atoms with Crippen molar-refractivity contribution in [2.24, 2.45) is 0 Å². The third-order valence-electron chi connectivity index (χ3n) is 3.97. The molecule has 0 aliphatic heterocycles. The number of nitrogens with one attached hydrogen (secondary N) is 2. The van der Waals surface area contributed by atoms with Gasteiger partial charge in [0, 0.05) is 12.4 Å². The molecule has 2 aromatic carbocycles. The number of aromatic nitrogens is 2. The molecule has 7 heteroatoms.